The van der Waals surface area contributed by atoms with Gasteiger partial charge in [0.1, 0.15) is 0 Å². The van der Waals surface area contributed by atoms with Gasteiger partial charge < -0.3 is 0 Å². The number of benzene rings is 1. The summed E-state index contributed by atoms with van der Waals surface area (Å²) in [5, 5.41) is 3.24. The van der Waals surface area contributed by atoms with Crippen molar-refractivity contribution in [2.45, 2.75) is 46.1 Å². The molecule has 0 amide bonds. The predicted molar refractivity (Wildman–Crippen MR) is 92.4 cm³/mol. The van der Waals surface area contributed by atoms with Gasteiger partial charge in [0, 0.05) is 10.3 Å². The summed E-state index contributed by atoms with van der Waals surface area (Å²) < 4.78 is 1.13. The third-order valence-electron chi connectivity index (χ3n) is 4.68. The van der Waals surface area contributed by atoms with E-state index in [0.717, 1.165) is 36.2 Å². The summed E-state index contributed by atoms with van der Waals surface area (Å²) in [5.41, 5.74) is 0.514. The smallest absolute Gasteiger partial charge is 0.184 e. The largest absolute Gasteiger partial charge is 0.292 e. The molecule has 0 saturated carbocycles. The van der Waals surface area contributed by atoms with Gasteiger partial charge >= 0.3 is 0 Å². The number of likely N-dealkylation sites (N-methyl/N-ethyl adjacent to an activating group) is 1. The molecule has 2 aromatic rings. The number of hydrogen-bond acceptors (Lipinski definition) is 3. The standard InChI is InChI=1S/C18H25NOS/c1-5-18(6-2,19(7-3)8-4)17(20)15-11-9-10-14-12-13-21-16(14)15/h9-13H,5-8H2,1-4H3. The Hall–Kier alpha value is -1.19. The number of carbonyl (C=O) groups is 1. The molecule has 0 fully saturated rings. The summed E-state index contributed by atoms with van der Waals surface area (Å²) in [5.74, 6) is 0.282. The second-order valence-electron chi connectivity index (χ2n) is 5.38. The maximum Gasteiger partial charge on any atom is 0.184 e. The molecule has 3 heteroatoms. The van der Waals surface area contributed by atoms with E-state index in [-0.39, 0.29) is 11.3 Å². The van der Waals surface area contributed by atoms with E-state index in [1.54, 1.807) is 11.3 Å². The van der Waals surface area contributed by atoms with Gasteiger partial charge in [-0.25, -0.2) is 0 Å². The van der Waals surface area contributed by atoms with Gasteiger partial charge in [0.05, 0.1) is 5.54 Å². The molecule has 0 saturated heterocycles. The van der Waals surface area contributed by atoms with Crippen molar-refractivity contribution in [2.75, 3.05) is 13.1 Å². The van der Waals surface area contributed by atoms with Crippen LogP contribution in [0, 0.1) is 0 Å². The predicted octanol–water partition coefficient (Wildman–Crippen LogP) is 4.98. The number of thiophene rings is 1. The Bertz CT molecular complexity index is 608. The van der Waals surface area contributed by atoms with Crippen LogP contribution in [0.1, 0.15) is 50.9 Å². The Balaban J connectivity index is 2.55. The molecule has 0 bridgehead atoms. The van der Waals surface area contributed by atoms with E-state index in [1.807, 2.05) is 12.1 Å². The summed E-state index contributed by atoms with van der Waals surface area (Å²) in [6.07, 6.45) is 1.71. The third kappa shape index (κ3) is 2.65. The van der Waals surface area contributed by atoms with E-state index in [0.29, 0.717) is 0 Å². The molecule has 0 N–H and O–H groups in total. The fourth-order valence-electron chi connectivity index (χ4n) is 3.41. The lowest BCUT2D eigenvalue weighted by Gasteiger charge is -2.41. The number of ketones is 1. The summed E-state index contributed by atoms with van der Waals surface area (Å²) in [6, 6.07) is 8.17. The summed E-state index contributed by atoms with van der Waals surface area (Å²) >= 11 is 1.67. The number of carbonyl (C=O) groups excluding carboxylic acids is 1. The topological polar surface area (TPSA) is 20.3 Å². The van der Waals surface area contributed by atoms with Crippen LogP contribution in [-0.2, 0) is 0 Å². The molecule has 1 aromatic heterocycles. The van der Waals surface area contributed by atoms with Crippen LogP contribution < -0.4 is 0 Å². The Labute approximate surface area is 131 Å². The molecular formula is C18H25NOS. The fourth-order valence-corrected chi connectivity index (χ4v) is 4.32. The van der Waals surface area contributed by atoms with E-state index in [1.165, 1.54) is 5.39 Å². The highest BCUT2D eigenvalue weighted by Gasteiger charge is 2.40. The zero-order chi connectivity index (χ0) is 15.5. The minimum absolute atomic E-state index is 0.282. The first kappa shape index (κ1) is 16.2. The van der Waals surface area contributed by atoms with Gasteiger partial charge in [-0.15, -0.1) is 11.3 Å². The van der Waals surface area contributed by atoms with Crippen molar-refractivity contribution in [1.82, 2.24) is 4.90 Å². The summed E-state index contributed by atoms with van der Waals surface area (Å²) in [6.45, 7) is 10.4. The molecule has 0 atom stereocenters. The first-order valence-electron chi connectivity index (χ1n) is 7.90. The Morgan fingerprint density at radius 2 is 1.76 bits per heavy atom. The maximum atomic E-state index is 13.4. The molecule has 0 unspecified atom stereocenters. The van der Waals surface area contributed by atoms with Gasteiger partial charge in [0.25, 0.3) is 0 Å². The van der Waals surface area contributed by atoms with Crippen molar-refractivity contribution >= 4 is 27.2 Å². The minimum atomic E-state index is -0.373. The van der Waals surface area contributed by atoms with Crippen LogP contribution in [-0.4, -0.2) is 29.3 Å². The van der Waals surface area contributed by atoms with Gasteiger partial charge in [-0.05, 0) is 48.8 Å². The lowest BCUT2D eigenvalue weighted by Crippen LogP contribution is -2.53. The first-order chi connectivity index (χ1) is 10.1. The van der Waals surface area contributed by atoms with Crippen molar-refractivity contribution in [3.05, 3.63) is 35.2 Å². The number of Topliss-reactive ketones (excluding diaryl/α,β-unsaturated/α-hetero) is 1. The Morgan fingerprint density at radius 3 is 2.33 bits per heavy atom. The molecule has 0 spiro atoms. The number of rotatable bonds is 7. The zero-order valence-corrected chi connectivity index (χ0v) is 14.3. The monoisotopic (exact) mass is 303 g/mol. The van der Waals surface area contributed by atoms with Crippen LogP contribution >= 0.6 is 11.3 Å². The molecule has 0 aliphatic heterocycles. The van der Waals surface area contributed by atoms with E-state index in [4.69, 9.17) is 0 Å². The van der Waals surface area contributed by atoms with E-state index >= 15 is 0 Å². The molecule has 0 aliphatic carbocycles. The molecule has 1 heterocycles. The van der Waals surface area contributed by atoms with Gasteiger partial charge in [-0.2, -0.15) is 0 Å². The summed E-state index contributed by atoms with van der Waals surface area (Å²) in [7, 11) is 0. The quantitative estimate of drug-likeness (QED) is 0.672. The molecule has 2 nitrogen and oxygen atoms in total. The first-order valence-corrected chi connectivity index (χ1v) is 8.78. The fraction of sp³-hybridized carbons (Fsp3) is 0.500. The normalized spacial score (nSPS) is 12.2. The SMILES string of the molecule is CCN(CC)C(CC)(CC)C(=O)c1cccc2ccsc12. The van der Waals surface area contributed by atoms with E-state index in [2.05, 4.69) is 50.1 Å². The third-order valence-corrected chi connectivity index (χ3v) is 5.65. The van der Waals surface area contributed by atoms with Crippen molar-refractivity contribution < 1.29 is 4.79 Å². The average Bonchev–Trinajstić information content (AvgIpc) is 3.00. The lowest BCUT2D eigenvalue weighted by atomic mass is 9.82. The molecule has 0 aliphatic rings. The van der Waals surface area contributed by atoms with Crippen LogP contribution in [0.2, 0.25) is 0 Å². The maximum absolute atomic E-state index is 13.4. The molecular weight excluding hydrogens is 278 g/mol. The number of nitrogens with zero attached hydrogens (tertiary/aromatic N) is 1. The zero-order valence-electron chi connectivity index (χ0n) is 13.5. The van der Waals surface area contributed by atoms with Crippen molar-refractivity contribution in [3.8, 4) is 0 Å². The number of hydrogen-bond donors (Lipinski definition) is 0. The molecule has 1 aromatic carbocycles. The van der Waals surface area contributed by atoms with Gasteiger partial charge in [0.2, 0.25) is 0 Å². The van der Waals surface area contributed by atoms with Crippen LogP contribution in [0.5, 0.6) is 0 Å². The second kappa shape index (κ2) is 6.71. The van der Waals surface area contributed by atoms with Gasteiger partial charge in [-0.3, -0.25) is 9.69 Å². The van der Waals surface area contributed by atoms with Gasteiger partial charge in [-0.1, -0.05) is 39.8 Å². The van der Waals surface area contributed by atoms with Crippen LogP contribution in [0.25, 0.3) is 10.1 Å². The lowest BCUT2D eigenvalue weighted by molar-refractivity contribution is 0.0537. The number of fused-ring (bicyclic) bond motifs is 1. The van der Waals surface area contributed by atoms with Crippen molar-refractivity contribution in [1.29, 1.82) is 0 Å². The molecule has 21 heavy (non-hydrogen) atoms. The second-order valence-corrected chi connectivity index (χ2v) is 6.30. The van der Waals surface area contributed by atoms with Crippen LogP contribution in [0.3, 0.4) is 0 Å². The average molecular weight is 303 g/mol. The highest BCUT2D eigenvalue weighted by atomic mass is 32.1. The van der Waals surface area contributed by atoms with E-state index in [9.17, 15) is 4.79 Å². The van der Waals surface area contributed by atoms with Crippen LogP contribution in [0.15, 0.2) is 29.6 Å². The van der Waals surface area contributed by atoms with E-state index < -0.39 is 0 Å². The summed E-state index contributed by atoms with van der Waals surface area (Å²) in [4.78, 5) is 15.7. The van der Waals surface area contributed by atoms with Crippen molar-refractivity contribution in [3.63, 3.8) is 0 Å². The van der Waals surface area contributed by atoms with Crippen molar-refractivity contribution in [2.24, 2.45) is 0 Å². The molecule has 0 radical (unpaired) electrons. The highest BCUT2D eigenvalue weighted by Crippen LogP contribution is 2.33. The minimum Gasteiger partial charge on any atom is -0.292 e. The molecule has 2 rings (SSSR count). The Morgan fingerprint density at radius 1 is 1.10 bits per heavy atom. The van der Waals surface area contributed by atoms with Crippen LogP contribution in [0.4, 0.5) is 0 Å². The van der Waals surface area contributed by atoms with Gasteiger partial charge in [0.15, 0.2) is 5.78 Å². The highest BCUT2D eigenvalue weighted by molar-refractivity contribution is 7.17. The Kier molecular flexibility index (Phi) is 5.17. The molecule has 114 valence electrons.